The van der Waals surface area contributed by atoms with Gasteiger partial charge in [-0.1, -0.05) is 36.4 Å². The lowest BCUT2D eigenvalue weighted by Crippen LogP contribution is -2.45. The Morgan fingerprint density at radius 3 is 2.44 bits per heavy atom. The minimum atomic E-state index is -3.41. The SMILES string of the molecule is CC1(C)N=C(c2ccc3ccccc3n2)c2cccc(F)c2C1(F)F. The van der Waals surface area contributed by atoms with Crippen LogP contribution in [-0.4, -0.2) is 16.2 Å². The molecule has 2 heterocycles. The molecule has 0 spiro atoms. The molecule has 2 nitrogen and oxygen atoms in total. The number of aromatic nitrogens is 1. The van der Waals surface area contributed by atoms with Gasteiger partial charge in [-0.05, 0) is 32.0 Å². The van der Waals surface area contributed by atoms with Crippen LogP contribution in [0, 0.1) is 5.82 Å². The normalized spacial score (nSPS) is 17.9. The Bertz CT molecular complexity index is 1020. The van der Waals surface area contributed by atoms with E-state index in [1.54, 1.807) is 6.07 Å². The van der Waals surface area contributed by atoms with Gasteiger partial charge in [-0.2, -0.15) is 8.78 Å². The fraction of sp³-hybridized carbons (Fsp3) is 0.200. The number of fused-ring (bicyclic) bond motifs is 2. The largest absolute Gasteiger partial charge is 0.300 e. The molecule has 1 aromatic heterocycles. The molecule has 0 amide bonds. The van der Waals surface area contributed by atoms with Crippen molar-refractivity contribution in [2.45, 2.75) is 25.3 Å². The van der Waals surface area contributed by atoms with Crippen molar-refractivity contribution in [3.05, 3.63) is 77.2 Å². The first-order chi connectivity index (χ1) is 11.8. The molecular formula is C20H15F3N2. The number of aliphatic imine (C=N–C) groups is 1. The maximum absolute atomic E-state index is 14.8. The highest BCUT2D eigenvalue weighted by Crippen LogP contribution is 2.47. The Morgan fingerprint density at radius 1 is 0.880 bits per heavy atom. The molecule has 0 unspecified atom stereocenters. The lowest BCUT2D eigenvalue weighted by molar-refractivity contribution is -0.0710. The van der Waals surface area contributed by atoms with E-state index in [0.717, 1.165) is 17.0 Å². The number of para-hydroxylation sites is 1. The summed E-state index contributed by atoms with van der Waals surface area (Å²) in [5, 5.41) is 0.937. The van der Waals surface area contributed by atoms with Gasteiger partial charge in [0.2, 0.25) is 0 Å². The lowest BCUT2D eigenvalue weighted by Gasteiger charge is -2.37. The van der Waals surface area contributed by atoms with Gasteiger partial charge in [0.15, 0.2) is 0 Å². The molecule has 126 valence electrons. The summed E-state index contributed by atoms with van der Waals surface area (Å²) in [6.45, 7) is 2.62. The minimum absolute atomic E-state index is 0.0899. The average molecular weight is 340 g/mol. The Labute approximate surface area is 143 Å². The Morgan fingerprint density at radius 2 is 1.64 bits per heavy atom. The van der Waals surface area contributed by atoms with Crippen LogP contribution in [0.15, 0.2) is 59.6 Å². The van der Waals surface area contributed by atoms with Crippen molar-refractivity contribution in [1.29, 1.82) is 0 Å². The van der Waals surface area contributed by atoms with Gasteiger partial charge in [0.05, 0.1) is 22.5 Å². The summed E-state index contributed by atoms with van der Waals surface area (Å²) in [5.41, 5.74) is -0.821. The minimum Gasteiger partial charge on any atom is -0.270 e. The van der Waals surface area contributed by atoms with Crippen molar-refractivity contribution in [3.63, 3.8) is 0 Å². The highest BCUT2D eigenvalue weighted by Gasteiger charge is 2.54. The highest BCUT2D eigenvalue weighted by molar-refractivity contribution is 6.14. The number of hydrogen-bond acceptors (Lipinski definition) is 2. The molecule has 0 bridgehead atoms. The summed E-state index contributed by atoms with van der Waals surface area (Å²) in [4.78, 5) is 8.81. The molecule has 0 N–H and O–H groups in total. The first-order valence-electron chi connectivity index (χ1n) is 7.94. The van der Waals surface area contributed by atoms with E-state index in [1.807, 2.05) is 30.3 Å². The van der Waals surface area contributed by atoms with Crippen LogP contribution >= 0.6 is 0 Å². The number of halogens is 3. The number of benzene rings is 2. The standard InChI is InChI=1S/C20H15F3N2/c1-19(2)20(22,23)17-13(7-5-8-14(17)21)18(25-19)16-11-10-12-6-3-4-9-15(12)24-16/h3-11H,1-2H3. The molecule has 0 radical (unpaired) electrons. The van der Waals surface area contributed by atoms with Crippen molar-refractivity contribution in [1.82, 2.24) is 4.98 Å². The zero-order valence-electron chi connectivity index (χ0n) is 13.7. The second-order valence-electron chi connectivity index (χ2n) is 6.65. The highest BCUT2D eigenvalue weighted by atomic mass is 19.3. The molecule has 25 heavy (non-hydrogen) atoms. The van der Waals surface area contributed by atoms with Crippen molar-refractivity contribution >= 4 is 16.6 Å². The number of pyridine rings is 1. The Kier molecular flexibility index (Phi) is 3.26. The van der Waals surface area contributed by atoms with E-state index in [2.05, 4.69) is 9.98 Å². The smallest absolute Gasteiger partial charge is 0.270 e. The van der Waals surface area contributed by atoms with E-state index in [1.165, 1.54) is 26.0 Å². The molecule has 5 heteroatoms. The Balaban J connectivity index is 2.00. The fourth-order valence-corrected chi connectivity index (χ4v) is 3.15. The predicted octanol–water partition coefficient (Wildman–Crippen LogP) is 5.10. The quantitative estimate of drug-likeness (QED) is 0.605. The van der Waals surface area contributed by atoms with Gasteiger partial charge >= 0.3 is 5.92 Å². The summed E-state index contributed by atoms with van der Waals surface area (Å²) < 4.78 is 43.9. The molecule has 0 fully saturated rings. The van der Waals surface area contributed by atoms with Gasteiger partial charge in [0.25, 0.3) is 0 Å². The number of hydrogen-bond donors (Lipinski definition) is 0. The van der Waals surface area contributed by atoms with E-state index in [0.29, 0.717) is 5.69 Å². The lowest BCUT2D eigenvalue weighted by atomic mass is 9.82. The van der Waals surface area contributed by atoms with E-state index in [-0.39, 0.29) is 11.3 Å². The van der Waals surface area contributed by atoms with Gasteiger partial charge in [-0.3, -0.25) is 4.99 Å². The summed E-state index contributed by atoms with van der Waals surface area (Å²) >= 11 is 0. The molecule has 3 aromatic rings. The van der Waals surface area contributed by atoms with Crippen LogP contribution in [0.5, 0.6) is 0 Å². The first kappa shape index (κ1) is 15.8. The van der Waals surface area contributed by atoms with Gasteiger partial charge < -0.3 is 0 Å². The van der Waals surface area contributed by atoms with Crippen LogP contribution in [0.2, 0.25) is 0 Å². The van der Waals surface area contributed by atoms with Gasteiger partial charge in [0, 0.05) is 10.9 Å². The molecular weight excluding hydrogens is 325 g/mol. The summed E-state index contributed by atoms with van der Waals surface area (Å²) in [6.07, 6.45) is 0. The molecule has 0 saturated heterocycles. The topological polar surface area (TPSA) is 25.2 Å². The molecule has 0 aliphatic carbocycles. The van der Waals surface area contributed by atoms with E-state index >= 15 is 0 Å². The molecule has 2 aromatic carbocycles. The molecule has 4 rings (SSSR count). The van der Waals surface area contributed by atoms with Crippen LogP contribution in [0.25, 0.3) is 10.9 Å². The van der Waals surface area contributed by atoms with Gasteiger partial charge in [-0.25, -0.2) is 9.37 Å². The van der Waals surface area contributed by atoms with E-state index in [4.69, 9.17) is 0 Å². The third-order valence-corrected chi connectivity index (χ3v) is 4.58. The van der Waals surface area contributed by atoms with Crippen molar-refractivity contribution in [2.75, 3.05) is 0 Å². The molecule has 1 aliphatic heterocycles. The number of rotatable bonds is 1. The third-order valence-electron chi connectivity index (χ3n) is 4.58. The Hall–Kier alpha value is -2.69. The number of nitrogens with zero attached hydrogens (tertiary/aromatic N) is 2. The van der Waals surface area contributed by atoms with E-state index < -0.39 is 22.8 Å². The second-order valence-corrected chi connectivity index (χ2v) is 6.65. The van der Waals surface area contributed by atoms with Gasteiger partial charge in [-0.15, -0.1) is 0 Å². The van der Waals surface area contributed by atoms with E-state index in [9.17, 15) is 13.2 Å². The van der Waals surface area contributed by atoms with Crippen LogP contribution in [-0.2, 0) is 5.92 Å². The van der Waals surface area contributed by atoms with Crippen LogP contribution in [0.4, 0.5) is 13.2 Å². The fourth-order valence-electron chi connectivity index (χ4n) is 3.15. The summed E-state index contributed by atoms with van der Waals surface area (Å²) in [7, 11) is 0. The maximum Gasteiger partial charge on any atom is 0.300 e. The molecule has 1 aliphatic rings. The molecule has 0 saturated carbocycles. The average Bonchev–Trinajstić information content (AvgIpc) is 2.58. The second kappa shape index (κ2) is 5.15. The maximum atomic E-state index is 14.8. The molecule has 0 atom stereocenters. The summed E-state index contributed by atoms with van der Waals surface area (Å²) in [6, 6.07) is 15.0. The van der Waals surface area contributed by atoms with Crippen LogP contribution < -0.4 is 0 Å². The zero-order chi connectivity index (χ0) is 17.8. The number of alkyl halides is 2. The third kappa shape index (κ3) is 2.26. The van der Waals surface area contributed by atoms with Crippen molar-refractivity contribution < 1.29 is 13.2 Å². The summed E-state index contributed by atoms with van der Waals surface area (Å²) in [5.74, 6) is -4.34. The zero-order valence-corrected chi connectivity index (χ0v) is 13.7. The van der Waals surface area contributed by atoms with Crippen molar-refractivity contribution in [2.24, 2.45) is 4.99 Å². The predicted molar refractivity (Wildman–Crippen MR) is 91.8 cm³/mol. The van der Waals surface area contributed by atoms with Crippen LogP contribution in [0.1, 0.15) is 30.7 Å². The first-order valence-corrected chi connectivity index (χ1v) is 7.94. The monoisotopic (exact) mass is 340 g/mol. The van der Waals surface area contributed by atoms with Crippen molar-refractivity contribution in [3.8, 4) is 0 Å². The van der Waals surface area contributed by atoms with Gasteiger partial charge in [0.1, 0.15) is 11.4 Å². The van der Waals surface area contributed by atoms with Crippen LogP contribution in [0.3, 0.4) is 0 Å².